The lowest BCUT2D eigenvalue weighted by molar-refractivity contribution is -0.156. The Hall–Kier alpha value is -3.15. The van der Waals surface area contributed by atoms with Crippen molar-refractivity contribution >= 4 is 23.5 Å². The Bertz CT molecular complexity index is 895. The van der Waals surface area contributed by atoms with Gasteiger partial charge in [0.15, 0.2) is 6.10 Å². The highest BCUT2D eigenvalue weighted by Crippen LogP contribution is 2.17. The number of nitrogens with one attached hydrogen (secondary N) is 2. The van der Waals surface area contributed by atoms with Crippen molar-refractivity contribution in [3.8, 4) is 0 Å². The van der Waals surface area contributed by atoms with E-state index >= 15 is 0 Å². The molecule has 0 saturated carbocycles. The van der Waals surface area contributed by atoms with E-state index in [9.17, 15) is 14.4 Å². The second kappa shape index (κ2) is 10.6. The summed E-state index contributed by atoms with van der Waals surface area (Å²) in [4.78, 5) is 37.8. The van der Waals surface area contributed by atoms with Crippen LogP contribution in [-0.2, 0) is 14.3 Å². The first kappa shape index (κ1) is 23.1. The van der Waals surface area contributed by atoms with Crippen molar-refractivity contribution in [2.24, 2.45) is 5.92 Å². The minimum absolute atomic E-state index is 0.153. The number of carbonyl (C=O) groups is 3. The second-order valence-electron chi connectivity index (χ2n) is 7.59. The van der Waals surface area contributed by atoms with Crippen molar-refractivity contribution < 1.29 is 19.1 Å². The summed E-state index contributed by atoms with van der Waals surface area (Å²) in [5.41, 5.74) is 3.07. The topological polar surface area (TPSA) is 84.5 Å². The van der Waals surface area contributed by atoms with E-state index in [2.05, 4.69) is 10.6 Å². The molecule has 0 aromatic heterocycles. The summed E-state index contributed by atoms with van der Waals surface area (Å²) < 4.78 is 5.41. The molecular weight excluding hydrogens is 380 g/mol. The SMILES string of the molecule is CC[C@H](C)[C@H](NC(=O)c1ccccc1)C(=O)O[C@@H](C)C(=O)Nc1cc(C)ccc1C. The summed E-state index contributed by atoms with van der Waals surface area (Å²) in [6.07, 6.45) is -0.338. The predicted octanol–water partition coefficient (Wildman–Crippen LogP) is 4.02. The van der Waals surface area contributed by atoms with Crippen molar-refractivity contribution in [2.45, 2.75) is 53.2 Å². The third kappa shape index (κ3) is 6.17. The van der Waals surface area contributed by atoms with E-state index in [0.29, 0.717) is 17.7 Å². The highest BCUT2D eigenvalue weighted by molar-refractivity contribution is 5.98. The van der Waals surface area contributed by atoms with Crippen molar-refractivity contribution in [2.75, 3.05) is 5.32 Å². The molecule has 2 aromatic carbocycles. The molecule has 0 fully saturated rings. The average Bonchev–Trinajstić information content (AvgIpc) is 2.74. The first-order valence-corrected chi connectivity index (χ1v) is 10.2. The molecule has 6 nitrogen and oxygen atoms in total. The minimum atomic E-state index is -1.00. The highest BCUT2D eigenvalue weighted by Gasteiger charge is 2.30. The Kier molecular flexibility index (Phi) is 8.16. The van der Waals surface area contributed by atoms with E-state index in [4.69, 9.17) is 4.74 Å². The van der Waals surface area contributed by atoms with Crippen molar-refractivity contribution in [1.29, 1.82) is 0 Å². The molecule has 2 aromatic rings. The van der Waals surface area contributed by atoms with Gasteiger partial charge in [-0.15, -0.1) is 0 Å². The normalized spacial score (nSPS) is 13.6. The lowest BCUT2D eigenvalue weighted by atomic mass is 9.98. The number of ether oxygens (including phenoxy) is 1. The highest BCUT2D eigenvalue weighted by atomic mass is 16.5. The zero-order valence-electron chi connectivity index (χ0n) is 18.2. The molecule has 6 heteroatoms. The van der Waals surface area contributed by atoms with Crippen LogP contribution >= 0.6 is 0 Å². The first-order chi connectivity index (χ1) is 14.2. The van der Waals surface area contributed by atoms with Crippen LogP contribution < -0.4 is 10.6 Å². The molecule has 0 saturated heterocycles. The van der Waals surface area contributed by atoms with E-state index in [1.807, 2.05) is 52.0 Å². The Balaban J connectivity index is 2.05. The van der Waals surface area contributed by atoms with Gasteiger partial charge in [-0.3, -0.25) is 9.59 Å². The van der Waals surface area contributed by atoms with Crippen LogP contribution in [0.5, 0.6) is 0 Å². The van der Waals surface area contributed by atoms with Crippen LogP contribution in [0.25, 0.3) is 0 Å². The van der Waals surface area contributed by atoms with Gasteiger partial charge in [0.2, 0.25) is 0 Å². The molecule has 0 unspecified atom stereocenters. The number of hydrogen-bond donors (Lipinski definition) is 2. The lowest BCUT2D eigenvalue weighted by Gasteiger charge is -2.24. The molecule has 0 aliphatic heterocycles. The van der Waals surface area contributed by atoms with Crippen LogP contribution in [0.4, 0.5) is 5.69 Å². The van der Waals surface area contributed by atoms with Gasteiger partial charge in [-0.2, -0.15) is 0 Å². The zero-order valence-corrected chi connectivity index (χ0v) is 18.2. The quantitative estimate of drug-likeness (QED) is 0.644. The van der Waals surface area contributed by atoms with Crippen molar-refractivity contribution in [3.05, 3.63) is 65.2 Å². The van der Waals surface area contributed by atoms with Crippen molar-refractivity contribution in [1.82, 2.24) is 5.32 Å². The van der Waals surface area contributed by atoms with Crippen LogP contribution in [0.3, 0.4) is 0 Å². The van der Waals surface area contributed by atoms with Gasteiger partial charge < -0.3 is 15.4 Å². The Labute approximate surface area is 178 Å². The summed E-state index contributed by atoms with van der Waals surface area (Å²) in [5.74, 6) is -1.56. The maximum atomic E-state index is 12.8. The molecule has 0 heterocycles. The van der Waals surface area contributed by atoms with Crippen LogP contribution in [0.2, 0.25) is 0 Å². The Morgan fingerprint density at radius 1 is 1.00 bits per heavy atom. The number of carbonyl (C=O) groups excluding carboxylic acids is 3. The molecule has 3 atom stereocenters. The van der Waals surface area contributed by atoms with Gasteiger partial charge in [-0.05, 0) is 56.0 Å². The van der Waals surface area contributed by atoms with E-state index in [1.165, 1.54) is 6.92 Å². The minimum Gasteiger partial charge on any atom is -0.451 e. The first-order valence-electron chi connectivity index (χ1n) is 10.2. The standard InChI is InChI=1S/C24H30N2O4/c1-6-16(3)21(26-23(28)19-10-8-7-9-11-19)24(29)30-18(5)22(27)25-20-14-15(2)12-13-17(20)4/h7-14,16,18,21H,6H2,1-5H3,(H,25,27)(H,26,28)/t16-,18-,21-/m0/s1. The number of hydrogen-bond acceptors (Lipinski definition) is 4. The van der Waals surface area contributed by atoms with E-state index in [-0.39, 0.29) is 11.8 Å². The predicted molar refractivity (Wildman–Crippen MR) is 117 cm³/mol. The third-order valence-corrected chi connectivity index (χ3v) is 5.10. The molecular formula is C24H30N2O4. The summed E-state index contributed by atoms with van der Waals surface area (Å²) in [6, 6.07) is 13.6. The molecule has 2 N–H and O–H groups in total. The molecule has 0 aliphatic carbocycles. The molecule has 0 radical (unpaired) electrons. The Morgan fingerprint density at radius 3 is 2.30 bits per heavy atom. The molecule has 160 valence electrons. The number of aryl methyl sites for hydroxylation is 2. The molecule has 30 heavy (non-hydrogen) atoms. The summed E-state index contributed by atoms with van der Waals surface area (Å²) in [5, 5.41) is 5.55. The van der Waals surface area contributed by atoms with Crippen LogP contribution in [0.1, 0.15) is 48.7 Å². The number of anilines is 1. The Morgan fingerprint density at radius 2 is 1.67 bits per heavy atom. The second-order valence-corrected chi connectivity index (χ2v) is 7.59. The van der Waals surface area contributed by atoms with Crippen LogP contribution in [0, 0.1) is 19.8 Å². The van der Waals surface area contributed by atoms with E-state index in [0.717, 1.165) is 11.1 Å². The molecule has 2 amide bonds. The van der Waals surface area contributed by atoms with Gasteiger partial charge in [0.25, 0.3) is 11.8 Å². The van der Waals surface area contributed by atoms with Crippen LogP contribution in [0.15, 0.2) is 48.5 Å². The summed E-state index contributed by atoms with van der Waals surface area (Å²) in [7, 11) is 0. The zero-order chi connectivity index (χ0) is 22.3. The number of amides is 2. The van der Waals surface area contributed by atoms with Crippen LogP contribution in [-0.4, -0.2) is 29.9 Å². The number of benzene rings is 2. The monoisotopic (exact) mass is 410 g/mol. The molecule has 0 bridgehead atoms. The third-order valence-electron chi connectivity index (χ3n) is 5.10. The largest absolute Gasteiger partial charge is 0.451 e. The molecule has 0 spiro atoms. The fourth-order valence-electron chi connectivity index (χ4n) is 2.89. The van der Waals surface area contributed by atoms with E-state index in [1.54, 1.807) is 24.3 Å². The molecule has 0 aliphatic rings. The van der Waals surface area contributed by atoms with Gasteiger partial charge in [-0.25, -0.2) is 4.79 Å². The van der Waals surface area contributed by atoms with Gasteiger partial charge in [0, 0.05) is 11.3 Å². The fraction of sp³-hybridized carbons (Fsp3) is 0.375. The van der Waals surface area contributed by atoms with Crippen molar-refractivity contribution in [3.63, 3.8) is 0 Å². The summed E-state index contributed by atoms with van der Waals surface area (Å²) in [6.45, 7) is 9.13. The fourth-order valence-corrected chi connectivity index (χ4v) is 2.89. The van der Waals surface area contributed by atoms with Gasteiger partial charge >= 0.3 is 5.97 Å². The smallest absolute Gasteiger partial charge is 0.329 e. The van der Waals surface area contributed by atoms with E-state index < -0.39 is 24.0 Å². The van der Waals surface area contributed by atoms with Gasteiger partial charge in [-0.1, -0.05) is 50.6 Å². The maximum Gasteiger partial charge on any atom is 0.329 e. The van der Waals surface area contributed by atoms with Gasteiger partial charge in [0.05, 0.1) is 0 Å². The summed E-state index contributed by atoms with van der Waals surface area (Å²) >= 11 is 0. The maximum absolute atomic E-state index is 12.8. The number of esters is 1. The lowest BCUT2D eigenvalue weighted by Crippen LogP contribution is -2.47. The molecule has 2 rings (SSSR count). The average molecular weight is 411 g/mol. The number of rotatable bonds is 8. The van der Waals surface area contributed by atoms with Gasteiger partial charge in [0.1, 0.15) is 6.04 Å².